The predicted molar refractivity (Wildman–Crippen MR) is 81.6 cm³/mol. The first-order valence-corrected chi connectivity index (χ1v) is 9.22. The quantitative estimate of drug-likeness (QED) is 0.726. The standard InChI is InChI=1S/C14H25NO4S/c1-14(2,3)19-13(17)15-8-6-7-11(9-15)12(16)10-20(4,5)18/h10-11H,6-9H2,1-5H3. The molecule has 0 spiro atoms. The molecule has 1 fully saturated rings. The van der Waals surface area contributed by atoms with Crippen molar-refractivity contribution in [1.82, 2.24) is 4.90 Å². The van der Waals surface area contributed by atoms with Gasteiger partial charge in [-0.1, -0.05) is 0 Å². The maximum absolute atomic E-state index is 12.1. The molecule has 0 radical (unpaired) electrons. The van der Waals surface area contributed by atoms with Crippen molar-refractivity contribution in [2.24, 2.45) is 5.92 Å². The first kappa shape index (κ1) is 17.0. The molecule has 0 N–H and O–H groups in total. The van der Waals surface area contributed by atoms with Crippen molar-refractivity contribution in [1.29, 1.82) is 0 Å². The van der Waals surface area contributed by atoms with Crippen LogP contribution in [0.3, 0.4) is 0 Å². The van der Waals surface area contributed by atoms with Crippen LogP contribution in [0.5, 0.6) is 0 Å². The van der Waals surface area contributed by atoms with Crippen LogP contribution in [0.25, 0.3) is 0 Å². The minimum atomic E-state index is -2.20. The second-order valence-corrected chi connectivity index (χ2v) is 9.45. The molecule has 116 valence electrons. The van der Waals surface area contributed by atoms with Crippen LogP contribution in [0.4, 0.5) is 4.79 Å². The molecular weight excluding hydrogens is 278 g/mol. The van der Waals surface area contributed by atoms with E-state index in [1.807, 2.05) is 20.8 Å². The number of hydrogen-bond acceptors (Lipinski definition) is 4. The van der Waals surface area contributed by atoms with Gasteiger partial charge in [-0.25, -0.2) is 4.79 Å². The van der Waals surface area contributed by atoms with Crippen molar-refractivity contribution in [2.75, 3.05) is 25.6 Å². The number of Topliss-reactive ketones (excluding diaryl/α,β-unsaturated/α-hetero) is 1. The molecule has 20 heavy (non-hydrogen) atoms. The van der Waals surface area contributed by atoms with E-state index < -0.39 is 15.1 Å². The summed E-state index contributed by atoms with van der Waals surface area (Å²) in [6, 6.07) is 0. The Labute approximate surface area is 121 Å². The number of carbonyl (C=O) groups excluding carboxylic acids is 2. The maximum atomic E-state index is 12.1. The Balaban J connectivity index is 2.70. The Bertz CT molecular complexity index is 490. The van der Waals surface area contributed by atoms with Crippen LogP contribution >= 0.6 is 0 Å². The maximum Gasteiger partial charge on any atom is 0.410 e. The van der Waals surface area contributed by atoms with Crippen LogP contribution in [0, 0.1) is 5.92 Å². The fourth-order valence-electron chi connectivity index (χ4n) is 2.08. The largest absolute Gasteiger partial charge is 0.444 e. The molecule has 1 amide bonds. The normalized spacial score (nSPS) is 20.4. The first-order valence-electron chi connectivity index (χ1n) is 6.79. The van der Waals surface area contributed by atoms with Gasteiger partial charge in [0.15, 0.2) is 5.78 Å². The van der Waals surface area contributed by atoms with Crippen LogP contribution in [-0.2, 0) is 19.1 Å². The number of amides is 1. The van der Waals surface area contributed by atoms with Gasteiger partial charge < -0.3 is 9.64 Å². The molecule has 0 bridgehead atoms. The molecule has 1 heterocycles. The Morgan fingerprint density at radius 1 is 1.30 bits per heavy atom. The van der Waals surface area contributed by atoms with Gasteiger partial charge in [0.25, 0.3) is 0 Å². The molecular formula is C14H25NO4S. The molecule has 1 atom stereocenters. The molecule has 1 saturated heterocycles. The van der Waals surface area contributed by atoms with Gasteiger partial charge in [0.05, 0.1) is 0 Å². The summed E-state index contributed by atoms with van der Waals surface area (Å²) in [5.74, 6) is -0.398. The van der Waals surface area contributed by atoms with Gasteiger partial charge in [-0.15, -0.1) is 0 Å². The summed E-state index contributed by atoms with van der Waals surface area (Å²) in [5.41, 5.74) is -0.540. The van der Waals surface area contributed by atoms with Crippen LogP contribution < -0.4 is 0 Å². The summed E-state index contributed by atoms with van der Waals surface area (Å²) in [6.45, 7) is 6.39. The second kappa shape index (κ2) is 6.16. The van der Waals surface area contributed by atoms with Crippen molar-refractivity contribution < 1.29 is 18.5 Å². The van der Waals surface area contributed by atoms with E-state index in [0.717, 1.165) is 12.8 Å². The number of ketones is 1. The van der Waals surface area contributed by atoms with Crippen LogP contribution in [0.2, 0.25) is 0 Å². The highest BCUT2D eigenvalue weighted by molar-refractivity contribution is 8.01. The predicted octanol–water partition coefficient (Wildman–Crippen LogP) is 1.55. The number of hydrogen-bond donors (Lipinski definition) is 0. The second-order valence-electron chi connectivity index (χ2n) is 6.59. The molecule has 0 aromatic rings. The summed E-state index contributed by atoms with van der Waals surface area (Å²) >= 11 is 0. The van der Waals surface area contributed by atoms with Gasteiger partial charge in [-0.2, -0.15) is 0 Å². The minimum Gasteiger partial charge on any atom is -0.444 e. The SMILES string of the molecule is CC(C)(C)OC(=O)N1CCCC(C(=O)C=S(C)(C)=O)C1. The average Bonchev–Trinajstić information content (AvgIpc) is 2.24. The highest BCUT2D eigenvalue weighted by Gasteiger charge is 2.30. The van der Waals surface area contributed by atoms with Gasteiger partial charge in [0, 0.05) is 36.9 Å². The van der Waals surface area contributed by atoms with Gasteiger partial charge in [0.1, 0.15) is 5.60 Å². The van der Waals surface area contributed by atoms with Crippen molar-refractivity contribution in [2.45, 2.75) is 39.2 Å². The lowest BCUT2D eigenvalue weighted by molar-refractivity contribution is -0.117. The van der Waals surface area contributed by atoms with Crippen LogP contribution in [0.1, 0.15) is 33.6 Å². The van der Waals surface area contributed by atoms with Crippen LogP contribution in [0.15, 0.2) is 0 Å². The van der Waals surface area contributed by atoms with Gasteiger partial charge in [-0.05, 0) is 43.1 Å². The molecule has 1 aliphatic rings. The minimum absolute atomic E-state index is 0.131. The summed E-state index contributed by atoms with van der Waals surface area (Å²) in [6.07, 6.45) is 4.18. The lowest BCUT2D eigenvalue weighted by atomic mass is 9.95. The van der Waals surface area contributed by atoms with Crippen molar-refractivity contribution in [3.63, 3.8) is 0 Å². The van der Waals surface area contributed by atoms with Crippen molar-refractivity contribution in [3.8, 4) is 0 Å². The number of rotatable bonds is 2. The Hall–Kier alpha value is -1.04. The third-order valence-corrected chi connectivity index (χ3v) is 3.68. The van der Waals surface area contributed by atoms with E-state index >= 15 is 0 Å². The molecule has 0 aliphatic carbocycles. The van der Waals surface area contributed by atoms with E-state index in [0.29, 0.717) is 13.1 Å². The zero-order valence-electron chi connectivity index (χ0n) is 13.0. The molecule has 6 heteroatoms. The fourth-order valence-corrected chi connectivity index (χ4v) is 2.83. The number of likely N-dealkylation sites (tertiary alicyclic amines) is 1. The van der Waals surface area contributed by atoms with E-state index in [1.54, 1.807) is 17.4 Å². The first-order chi connectivity index (χ1) is 8.98. The monoisotopic (exact) mass is 303 g/mol. The van der Waals surface area contributed by atoms with E-state index in [2.05, 4.69) is 0 Å². The smallest absolute Gasteiger partial charge is 0.410 e. The van der Waals surface area contributed by atoms with E-state index in [1.165, 1.54) is 5.37 Å². The Morgan fingerprint density at radius 3 is 2.40 bits per heavy atom. The molecule has 0 aromatic carbocycles. The highest BCUT2D eigenvalue weighted by Crippen LogP contribution is 2.19. The van der Waals surface area contributed by atoms with E-state index in [9.17, 15) is 13.8 Å². The number of nitrogens with zero attached hydrogens (tertiary/aromatic N) is 1. The zero-order valence-corrected chi connectivity index (χ0v) is 13.8. The molecule has 1 rings (SSSR count). The average molecular weight is 303 g/mol. The zero-order chi connectivity index (χ0) is 15.6. The highest BCUT2D eigenvalue weighted by atomic mass is 32.2. The third kappa shape index (κ3) is 5.94. The number of carbonyl (C=O) groups is 2. The van der Waals surface area contributed by atoms with Crippen molar-refractivity contribution >= 4 is 26.8 Å². The summed E-state index contributed by atoms with van der Waals surface area (Å²) in [5, 5.41) is 1.30. The topological polar surface area (TPSA) is 63.7 Å². The fraction of sp³-hybridized carbons (Fsp3) is 0.786. The van der Waals surface area contributed by atoms with E-state index in [4.69, 9.17) is 4.74 Å². The summed E-state index contributed by atoms with van der Waals surface area (Å²) in [4.78, 5) is 25.6. The Morgan fingerprint density at radius 2 is 1.90 bits per heavy atom. The summed E-state index contributed by atoms with van der Waals surface area (Å²) < 4.78 is 17.0. The molecule has 0 saturated carbocycles. The summed E-state index contributed by atoms with van der Waals surface area (Å²) in [7, 11) is -2.20. The number of ether oxygens (including phenoxy) is 1. The molecule has 1 unspecified atom stereocenters. The van der Waals surface area contributed by atoms with E-state index in [-0.39, 0.29) is 17.8 Å². The van der Waals surface area contributed by atoms with Gasteiger partial charge in [0.2, 0.25) is 0 Å². The van der Waals surface area contributed by atoms with Gasteiger partial charge in [-0.3, -0.25) is 9.00 Å². The van der Waals surface area contributed by atoms with Crippen molar-refractivity contribution in [3.05, 3.63) is 0 Å². The lowest BCUT2D eigenvalue weighted by Gasteiger charge is -2.33. The Kier molecular flexibility index (Phi) is 5.24. The van der Waals surface area contributed by atoms with Gasteiger partial charge >= 0.3 is 6.09 Å². The molecule has 0 aromatic heterocycles. The lowest BCUT2D eigenvalue weighted by Crippen LogP contribution is -2.45. The number of piperidine rings is 1. The third-order valence-electron chi connectivity index (χ3n) is 2.88. The molecule has 5 nitrogen and oxygen atoms in total. The molecule has 1 aliphatic heterocycles. The van der Waals surface area contributed by atoms with Crippen LogP contribution in [-0.4, -0.2) is 57.6 Å².